The molecule has 4 aromatic rings. The number of ether oxygens (including phenoxy) is 2. The van der Waals surface area contributed by atoms with Crippen molar-refractivity contribution >= 4 is 29.0 Å². The van der Waals surface area contributed by atoms with Crippen molar-refractivity contribution in [2.45, 2.75) is 121 Å². The Morgan fingerprint density at radius 3 is 2.30 bits per heavy atom. The summed E-state index contributed by atoms with van der Waals surface area (Å²) in [7, 11) is 0. The molecule has 5 fully saturated rings. The standard InChI is InChI=1S/C46H61N9O6/c1-28(2)43(45(57)58)40-25-41(51-61-40)52-17-12-29(13-18-52)46(3,4)54-19-14-33(15-20-54)59-34-22-35(23-34)60-42-21-30(11-16-48-42)55-31-9-10-32(55)27-53(26-31)38-24-37(49-50-44(38)47)36-7-5-6-8-39(36)56/h5-8,11,16,21,24-25,28-29,31-35,43,56H,9-10,12-15,17-20,22-23,26-27H2,1-4H3,(H2,47,50)(H,57,58). The Kier molecular flexibility index (Phi) is 11.5. The van der Waals surface area contributed by atoms with Gasteiger partial charge in [0, 0.05) is 99.3 Å². The van der Waals surface area contributed by atoms with Gasteiger partial charge < -0.3 is 44.6 Å². The van der Waals surface area contributed by atoms with Gasteiger partial charge in [-0.1, -0.05) is 31.1 Å². The minimum absolute atomic E-state index is 0.0741. The number of nitrogens with zero attached hydrogens (tertiary/aromatic N) is 8. The number of likely N-dealkylation sites (tertiary alicyclic amines) is 1. The van der Waals surface area contributed by atoms with E-state index >= 15 is 0 Å². The first kappa shape index (κ1) is 41.2. The summed E-state index contributed by atoms with van der Waals surface area (Å²) < 4.78 is 18.6. The quantitative estimate of drug-likeness (QED) is 0.131. The lowest BCUT2D eigenvalue weighted by Gasteiger charge is -2.50. The second-order valence-corrected chi connectivity index (χ2v) is 18.8. The number of nitrogen functional groups attached to an aromatic ring is 1. The summed E-state index contributed by atoms with van der Waals surface area (Å²) in [6.07, 6.45) is 10.6. The fourth-order valence-corrected chi connectivity index (χ4v) is 10.7. The molecule has 2 bridgehead atoms. The van der Waals surface area contributed by atoms with Crippen LogP contribution in [0.1, 0.15) is 90.7 Å². The molecule has 0 amide bonds. The van der Waals surface area contributed by atoms with E-state index < -0.39 is 11.9 Å². The molecule has 3 aromatic heterocycles. The summed E-state index contributed by atoms with van der Waals surface area (Å²) in [5, 5.41) is 32.9. The number of carbonyl (C=O) groups is 1. The molecule has 0 spiro atoms. The van der Waals surface area contributed by atoms with Crippen LogP contribution in [0.5, 0.6) is 11.6 Å². The minimum atomic E-state index is -0.877. The summed E-state index contributed by atoms with van der Waals surface area (Å²) in [6.45, 7) is 14.0. The SMILES string of the molecule is CC(C)C(C(=O)O)c1cc(N2CCC(C(C)(C)N3CCC(OC4CC(Oc5cc(N6C7CCC6CN(c6cc(-c8ccccc8O)nnc6N)C7)ccn5)C4)CC3)CC2)no1. The predicted molar refractivity (Wildman–Crippen MR) is 233 cm³/mol. The number of nitrogens with two attached hydrogens (primary N) is 1. The third-order valence-corrected chi connectivity index (χ3v) is 14.4. The van der Waals surface area contributed by atoms with Crippen LogP contribution < -0.4 is 25.2 Å². The van der Waals surface area contributed by atoms with Crippen LogP contribution in [0.2, 0.25) is 0 Å². The normalized spacial score (nSPS) is 24.6. The number of carboxylic acids is 1. The Balaban J connectivity index is 0.720. The number of carboxylic acid groups (broad SMARTS) is 1. The van der Waals surface area contributed by atoms with Gasteiger partial charge in [0.2, 0.25) is 5.88 Å². The highest BCUT2D eigenvalue weighted by Crippen LogP contribution is 2.41. The van der Waals surface area contributed by atoms with Crippen LogP contribution in [0.4, 0.5) is 23.0 Å². The molecule has 1 saturated carbocycles. The maximum Gasteiger partial charge on any atom is 0.314 e. The molecule has 61 heavy (non-hydrogen) atoms. The first-order chi connectivity index (χ1) is 29.4. The number of anilines is 4. The third-order valence-electron chi connectivity index (χ3n) is 14.4. The number of rotatable bonds is 13. The number of piperidine rings is 2. The Labute approximate surface area is 358 Å². The maximum absolute atomic E-state index is 11.8. The molecule has 5 aliphatic rings. The Morgan fingerprint density at radius 2 is 1.61 bits per heavy atom. The number of phenolic OH excluding ortho intramolecular Hbond substituents is 1. The molecule has 15 heteroatoms. The number of aromatic hydroxyl groups is 1. The third kappa shape index (κ3) is 8.42. The zero-order valence-corrected chi connectivity index (χ0v) is 35.9. The molecule has 7 heterocycles. The van der Waals surface area contributed by atoms with E-state index in [1.54, 1.807) is 12.1 Å². The number of phenols is 1. The van der Waals surface area contributed by atoms with Crippen LogP contribution in [-0.2, 0) is 9.53 Å². The molecule has 326 valence electrons. The van der Waals surface area contributed by atoms with E-state index in [9.17, 15) is 15.0 Å². The lowest BCUT2D eigenvalue weighted by molar-refractivity contribution is -0.140. The largest absolute Gasteiger partial charge is 0.507 e. The van der Waals surface area contributed by atoms with Crippen LogP contribution in [-0.4, -0.2) is 117 Å². The number of aromatic nitrogens is 4. The fourth-order valence-electron chi connectivity index (χ4n) is 10.7. The summed E-state index contributed by atoms with van der Waals surface area (Å²) >= 11 is 0. The van der Waals surface area contributed by atoms with E-state index in [2.05, 4.69) is 65.9 Å². The van der Waals surface area contributed by atoms with Crippen molar-refractivity contribution in [1.82, 2.24) is 25.2 Å². The second-order valence-electron chi connectivity index (χ2n) is 18.8. The first-order valence-corrected chi connectivity index (χ1v) is 22.3. The number of benzene rings is 1. The molecular weight excluding hydrogens is 775 g/mol. The molecule has 4 saturated heterocycles. The monoisotopic (exact) mass is 835 g/mol. The lowest BCUT2D eigenvalue weighted by atomic mass is 9.78. The van der Waals surface area contributed by atoms with Crippen molar-refractivity contribution in [3.8, 4) is 22.9 Å². The number of fused-ring (bicyclic) bond motifs is 2. The van der Waals surface area contributed by atoms with Crippen LogP contribution in [0.3, 0.4) is 0 Å². The summed E-state index contributed by atoms with van der Waals surface area (Å²) in [4.78, 5) is 26.2. The summed E-state index contributed by atoms with van der Waals surface area (Å²) in [5.41, 5.74) is 9.69. The van der Waals surface area contributed by atoms with Crippen molar-refractivity contribution in [2.24, 2.45) is 11.8 Å². The van der Waals surface area contributed by atoms with Crippen molar-refractivity contribution in [3.05, 3.63) is 60.5 Å². The van der Waals surface area contributed by atoms with Gasteiger partial charge in [-0.2, -0.15) is 0 Å². The highest BCUT2D eigenvalue weighted by atomic mass is 16.5. The molecule has 0 radical (unpaired) electrons. The average molecular weight is 836 g/mol. The number of piperazine rings is 1. The van der Waals surface area contributed by atoms with Crippen LogP contribution >= 0.6 is 0 Å². The van der Waals surface area contributed by atoms with Gasteiger partial charge in [-0.05, 0) is 88.5 Å². The molecule has 3 unspecified atom stereocenters. The van der Waals surface area contributed by atoms with Gasteiger partial charge in [0.1, 0.15) is 17.8 Å². The Hall–Kier alpha value is -5.15. The van der Waals surface area contributed by atoms with E-state index in [4.69, 9.17) is 19.7 Å². The first-order valence-electron chi connectivity index (χ1n) is 22.3. The van der Waals surface area contributed by atoms with Crippen LogP contribution in [0.25, 0.3) is 11.3 Å². The highest BCUT2D eigenvalue weighted by Gasteiger charge is 2.43. The second kappa shape index (κ2) is 17.0. The van der Waals surface area contributed by atoms with Gasteiger partial charge >= 0.3 is 5.97 Å². The van der Waals surface area contributed by atoms with E-state index in [1.807, 2.05) is 44.3 Å². The summed E-state index contributed by atoms with van der Waals surface area (Å²) in [6, 6.07) is 15.8. The molecule has 1 aliphatic carbocycles. The van der Waals surface area contributed by atoms with Crippen molar-refractivity contribution in [1.29, 1.82) is 0 Å². The zero-order chi connectivity index (χ0) is 42.4. The van der Waals surface area contributed by atoms with Crippen LogP contribution in [0.15, 0.2) is 59.3 Å². The smallest absolute Gasteiger partial charge is 0.314 e. The molecule has 4 N–H and O–H groups in total. The highest BCUT2D eigenvalue weighted by molar-refractivity contribution is 5.76. The lowest BCUT2D eigenvalue weighted by Crippen LogP contribution is -2.56. The van der Waals surface area contributed by atoms with Crippen molar-refractivity contribution < 1.29 is 29.0 Å². The van der Waals surface area contributed by atoms with Gasteiger partial charge in [0.05, 0.1) is 23.6 Å². The van der Waals surface area contributed by atoms with Gasteiger partial charge in [0.25, 0.3) is 0 Å². The van der Waals surface area contributed by atoms with Crippen molar-refractivity contribution in [3.63, 3.8) is 0 Å². The number of hydrogen-bond donors (Lipinski definition) is 3. The Morgan fingerprint density at radius 1 is 0.885 bits per heavy atom. The number of pyridine rings is 1. The molecule has 15 nitrogen and oxygen atoms in total. The van der Waals surface area contributed by atoms with Gasteiger partial charge in [-0.25, -0.2) is 4.98 Å². The summed E-state index contributed by atoms with van der Waals surface area (Å²) in [5.74, 6) is 1.33. The molecular formula is C46H61N9O6. The molecule has 9 rings (SSSR count). The predicted octanol–water partition coefficient (Wildman–Crippen LogP) is 6.58. The van der Waals surface area contributed by atoms with Gasteiger partial charge in [-0.3, -0.25) is 9.69 Å². The maximum atomic E-state index is 11.8. The fraction of sp³-hybridized carbons (Fsp3) is 0.587. The van der Waals surface area contributed by atoms with E-state index in [1.165, 1.54) is 0 Å². The number of aliphatic carboxylic acids is 1. The minimum Gasteiger partial charge on any atom is -0.507 e. The molecule has 1 aromatic carbocycles. The molecule has 3 atom stereocenters. The molecule has 4 aliphatic heterocycles. The van der Waals surface area contributed by atoms with E-state index in [-0.39, 0.29) is 35.5 Å². The Bertz CT molecular complexity index is 2150. The zero-order valence-electron chi connectivity index (χ0n) is 35.9. The van der Waals surface area contributed by atoms with Gasteiger partial charge in [-0.15, -0.1) is 10.2 Å². The average Bonchev–Trinajstić information content (AvgIpc) is 3.82. The van der Waals surface area contributed by atoms with Gasteiger partial charge in [0.15, 0.2) is 17.4 Å². The van der Waals surface area contributed by atoms with Crippen LogP contribution in [0, 0.1) is 11.8 Å². The van der Waals surface area contributed by atoms with E-state index in [0.717, 1.165) is 108 Å². The van der Waals surface area contributed by atoms with E-state index in [0.29, 0.717) is 46.7 Å². The number of para-hydroxylation sites is 1. The topological polar surface area (TPSA) is 180 Å². The van der Waals surface area contributed by atoms with Crippen molar-refractivity contribution in [2.75, 3.05) is 59.7 Å². The number of hydrogen-bond acceptors (Lipinski definition) is 14.